The van der Waals surface area contributed by atoms with Crippen molar-refractivity contribution in [3.63, 3.8) is 0 Å². The standard InChI is InChI=1S/C20H14ClN3O/c21-15-11-12-18-17(13-15)19(14-7-3-1-4-8-14)24(25)20(23-18)22-16-9-5-2-6-10-16/h1-13,25H. The molecule has 0 fully saturated rings. The fourth-order valence-electron chi connectivity index (χ4n) is 2.73. The van der Waals surface area contributed by atoms with E-state index in [1.807, 2.05) is 66.7 Å². The largest absolute Gasteiger partial charge is 0.425 e. The average molecular weight is 348 g/mol. The van der Waals surface area contributed by atoms with Crippen LogP contribution in [0.15, 0.2) is 83.9 Å². The van der Waals surface area contributed by atoms with E-state index in [0.717, 1.165) is 15.7 Å². The number of para-hydroxylation sites is 1. The number of hydrogen-bond acceptors (Lipinski definition) is 3. The number of halogens is 1. The molecule has 0 unspecified atom stereocenters. The van der Waals surface area contributed by atoms with E-state index in [1.165, 1.54) is 0 Å². The minimum Gasteiger partial charge on any atom is -0.425 e. The van der Waals surface area contributed by atoms with Crippen molar-refractivity contribution < 1.29 is 5.21 Å². The molecule has 25 heavy (non-hydrogen) atoms. The summed E-state index contributed by atoms with van der Waals surface area (Å²) in [6.07, 6.45) is 0. The van der Waals surface area contributed by atoms with Gasteiger partial charge in [0.15, 0.2) is 0 Å². The van der Waals surface area contributed by atoms with E-state index >= 15 is 0 Å². The van der Waals surface area contributed by atoms with Crippen molar-refractivity contribution in [2.45, 2.75) is 0 Å². The van der Waals surface area contributed by atoms with Gasteiger partial charge in [-0.05, 0) is 30.3 Å². The highest BCUT2D eigenvalue weighted by Gasteiger charge is 2.12. The molecule has 122 valence electrons. The Balaban J connectivity index is 2.09. The lowest BCUT2D eigenvalue weighted by Gasteiger charge is -2.11. The summed E-state index contributed by atoms with van der Waals surface area (Å²) in [4.78, 5) is 8.95. The van der Waals surface area contributed by atoms with Gasteiger partial charge in [-0.15, -0.1) is 4.73 Å². The van der Waals surface area contributed by atoms with Crippen LogP contribution in [-0.2, 0) is 0 Å². The van der Waals surface area contributed by atoms with Gasteiger partial charge in [-0.1, -0.05) is 60.1 Å². The minimum atomic E-state index is 0.208. The first-order valence-corrected chi connectivity index (χ1v) is 8.17. The zero-order valence-electron chi connectivity index (χ0n) is 13.2. The van der Waals surface area contributed by atoms with E-state index < -0.39 is 0 Å². The molecule has 0 aliphatic rings. The van der Waals surface area contributed by atoms with Crippen molar-refractivity contribution in [1.29, 1.82) is 0 Å². The second-order valence-corrected chi connectivity index (χ2v) is 5.98. The Morgan fingerprint density at radius 3 is 2.28 bits per heavy atom. The topological polar surface area (TPSA) is 50.4 Å². The number of benzene rings is 3. The van der Waals surface area contributed by atoms with Crippen molar-refractivity contribution in [2.24, 2.45) is 4.99 Å². The molecule has 0 aliphatic heterocycles. The molecule has 4 nitrogen and oxygen atoms in total. The first kappa shape index (κ1) is 15.4. The van der Waals surface area contributed by atoms with Gasteiger partial charge in [0, 0.05) is 16.0 Å². The number of aromatic nitrogens is 2. The Labute approximate surface area is 149 Å². The molecule has 1 heterocycles. The monoisotopic (exact) mass is 347 g/mol. The lowest BCUT2D eigenvalue weighted by molar-refractivity contribution is 0.174. The zero-order chi connectivity index (χ0) is 17.2. The van der Waals surface area contributed by atoms with Crippen LogP contribution in [0.4, 0.5) is 5.69 Å². The molecule has 0 atom stereocenters. The third-order valence-corrected chi connectivity index (χ3v) is 4.10. The molecule has 4 rings (SSSR count). The Bertz CT molecular complexity index is 1110. The predicted octanol–water partition coefficient (Wildman–Crippen LogP) is 4.83. The number of fused-ring (bicyclic) bond motifs is 1. The first-order chi connectivity index (χ1) is 12.2. The summed E-state index contributed by atoms with van der Waals surface area (Å²) in [6.45, 7) is 0. The number of rotatable bonds is 2. The number of nitrogens with zero attached hydrogens (tertiary/aromatic N) is 3. The van der Waals surface area contributed by atoms with E-state index in [1.54, 1.807) is 12.1 Å². The second kappa shape index (κ2) is 6.42. The van der Waals surface area contributed by atoms with Gasteiger partial charge >= 0.3 is 0 Å². The van der Waals surface area contributed by atoms with Crippen LogP contribution in [-0.4, -0.2) is 14.9 Å². The van der Waals surface area contributed by atoms with Crippen LogP contribution in [0.2, 0.25) is 5.02 Å². The van der Waals surface area contributed by atoms with Crippen molar-refractivity contribution in [2.75, 3.05) is 0 Å². The van der Waals surface area contributed by atoms with E-state index in [9.17, 15) is 5.21 Å². The lowest BCUT2D eigenvalue weighted by atomic mass is 10.1. The SMILES string of the molecule is On1c(-c2ccccc2)c2cc(Cl)ccc2nc1=Nc1ccccc1. The van der Waals surface area contributed by atoms with Gasteiger partial charge in [0.25, 0.3) is 5.62 Å². The summed E-state index contributed by atoms with van der Waals surface area (Å²) in [5.41, 5.74) is 3.08. The van der Waals surface area contributed by atoms with Crippen molar-refractivity contribution >= 4 is 28.2 Å². The normalized spacial score (nSPS) is 11.8. The average Bonchev–Trinajstić information content (AvgIpc) is 2.64. The van der Waals surface area contributed by atoms with Gasteiger partial charge in [0.2, 0.25) is 0 Å². The Morgan fingerprint density at radius 2 is 1.56 bits per heavy atom. The first-order valence-electron chi connectivity index (χ1n) is 7.79. The molecule has 3 aromatic carbocycles. The molecule has 1 N–H and O–H groups in total. The van der Waals surface area contributed by atoms with Gasteiger partial charge in [0.05, 0.1) is 11.2 Å². The summed E-state index contributed by atoms with van der Waals surface area (Å²) >= 11 is 6.16. The zero-order valence-corrected chi connectivity index (χ0v) is 13.9. The van der Waals surface area contributed by atoms with E-state index in [4.69, 9.17) is 11.6 Å². The van der Waals surface area contributed by atoms with Crippen molar-refractivity contribution in [3.05, 3.63) is 89.5 Å². The summed E-state index contributed by atoms with van der Waals surface area (Å²) in [7, 11) is 0. The molecule has 0 radical (unpaired) electrons. The molecule has 0 bridgehead atoms. The molecule has 5 heteroatoms. The van der Waals surface area contributed by atoms with Gasteiger partial charge in [-0.25, -0.2) is 9.98 Å². The highest BCUT2D eigenvalue weighted by molar-refractivity contribution is 6.31. The minimum absolute atomic E-state index is 0.208. The fourth-order valence-corrected chi connectivity index (χ4v) is 2.90. The quantitative estimate of drug-likeness (QED) is 0.528. The van der Waals surface area contributed by atoms with Gasteiger partial charge in [-0.2, -0.15) is 0 Å². The molecule has 4 aromatic rings. The van der Waals surface area contributed by atoms with Crippen LogP contribution in [0.1, 0.15) is 0 Å². The third-order valence-electron chi connectivity index (χ3n) is 3.87. The van der Waals surface area contributed by atoms with E-state index in [0.29, 0.717) is 21.9 Å². The number of hydrogen-bond donors (Lipinski definition) is 1. The summed E-state index contributed by atoms with van der Waals surface area (Å²) in [5.74, 6) is 0. The van der Waals surface area contributed by atoms with Gasteiger partial charge in [0.1, 0.15) is 5.69 Å². The van der Waals surface area contributed by atoms with Crippen molar-refractivity contribution in [1.82, 2.24) is 9.71 Å². The maximum Gasteiger partial charge on any atom is 0.264 e. The van der Waals surface area contributed by atoms with E-state index in [2.05, 4.69) is 9.98 Å². The molecule has 1 aromatic heterocycles. The summed E-state index contributed by atoms with van der Waals surface area (Å²) < 4.78 is 1.01. The predicted molar refractivity (Wildman–Crippen MR) is 99.0 cm³/mol. The third kappa shape index (κ3) is 2.99. The smallest absolute Gasteiger partial charge is 0.264 e. The molecular formula is C20H14ClN3O. The molecule has 0 aliphatic carbocycles. The highest BCUT2D eigenvalue weighted by atomic mass is 35.5. The van der Waals surface area contributed by atoms with Crippen LogP contribution in [0.25, 0.3) is 22.2 Å². The van der Waals surface area contributed by atoms with Crippen LogP contribution in [0.3, 0.4) is 0 Å². The van der Waals surface area contributed by atoms with Crippen LogP contribution in [0, 0.1) is 0 Å². The van der Waals surface area contributed by atoms with Crippen molar-refractivity contribution in [3.8, 4) is 11.3 Å². The summed E-state index contributed by atoms with van der Waals surface area (Å²) in [6, 6.07) is 24.4. The van der Waals surface area contributed by atoms with Crippen LogP contribution < -0.4 is 5.62 Å². The molecular weight excluding hydrogens is 334 g/mol. The lowest BCUT2D eigenvalue weighted by Crippen LogP contribution is -2.24. The molecule has 0 saturated heterocycles. The van der Waals surface area contributed by atoms with Crippen LogP contribution in [0.5, 0.6) is 0 Å². The van der Waals surface area contributed by atoms with Gasteiger partial charge in [-0.3, -0.25) is 0 Å². The fraction of sp³-hybridized carbons (Fsp3) is 0. The molecule has 0 amide bonds. The maximum atomic E-state index is 10.8. The summed E-state index contributed by atoms with van der Waals surface area (Å²) in [5, 5.41) is 12.2. The van der Waals surface area contributed by atoms with E-state index in [-0.39, 0.29) is 5.62 Å². The Hall–Kier alpha value is -3.11. The second-order valence-electron chi connectivity index (χ2n) is 5.55. The van der Waals surface area contributed by atoms with Crippen LogP contribution >= 0.6 is 11.6 Å². The highest BCUT2D eigenvalue weighted by Crippen LogP contribution is 2.28. The Morgan fingerprint density at radius 1 is 0.880 bits per heavy atom. The molecule has 0 saturated carbocycles. The Kier molecular flexibility index (Phi) is 3.96. The van der Waals surface area contributed by atoms with Gasteiger partial charge < -0.3 is 5.21 Å². The molecule has 0 spiro atoms. The maximum absolute atomic E-state index is 10.8.